The number of anilines is 2. The fourth-order valence-electron chi connectivity index (χ4n) is 2.99. The number of thiophene rings is 1. The maximum Gasteiger partial charge on any atom is 0.339 e. The first kappa shape index (κ1) is 21.0. The molecule has 0 spiro atoms. The van der Waals surface area contributed by atoms with Crippen LogP contribution in [-0.4, -0.2) is 27.9 Å². The number of nitrogens with one attached hydrogen (secondary N) is 2. The van der Waals surface area contributed by atoms with Gasteiger partial charge in [0.2, 0.25) is 5.91 Å². The van der Waals surface area contributed by atoms with Gasteiger partial charge in [-0.1, -0.05) is 29.8 Å². The van der Waals surface area contributed by atoms with Gasteiger partial charge in [-0.05, 0) is 29.8 Å². The van der Waals surface area contributed by atoms with E-state index in [1.165, 1.54) is 6.92 Å². The van der Waals surface area contributed by atoms with Crippen LogP contribution in [0.1, 0.15) is 27.1 Å². The van der Waals surface area contributed by atoms with E-state index in [1.807, 2.05) is 0 Å². The summed E-state index contributed by atoms with van der Waals surface area (Å²) in [6.07, 6.45) is 0. The van der Waals surface area contributed by atoms with Crippen molar-refractivity contribution in [3.05, 3.63) is 63.4 Å². The van der Waals surface area contributed by atoms with Crippen molar-refractivity contribution in [1.82, 2.24) is 4.98 Å². The number of fused-ring (bicyclic) bond motifs is 1. The van der Waals surface area contributed by atoms with Crippen molar-refractivity contribution >= 4 is 73.0 Å². The minimum Gasteiger partial charge on any atom is -0.478 e. The Morgan fingerprint density at radius 2 is 1.81 bits per heavy atom. The van der Waals surface area contributed by atoms with Crippen molar-refractivity contribution < 1.29 is 19.5 Å². The summed E-state index contributed by atoms with van der Waals surface area (Å²) in [7, 11) is 0. The van der Waals surface area contributed by atoms with Crippen molar-refractivity contribution in [3.63, 3.8) is 0 Å². The Labute approximate surface area is 189 Å². The summed E-state index contributed by atoms with van der Waals surface area (Å²) in [5.41, 5.74) is 2.29. The fraction of sp³-hybridized carbons (Fsp3) is 0.0476. The van der Waals surface area contributed by atoms with Crippen molar-refractivity contribution in [2.75, 3.05) is 10.6 Å². The van der Waals surface area contributed by atoms with Crippen LogP contribution in [0.25, 0.3) is 21.3 Å². The monoisotopic (exact) mass is 471 g/mol. The molecule has 10 heteroatoms. The largest absolute Gasteiger partial charge is 0.478 e. The highest BCUT2D eigenvalue weighted by Gasteiger charge is 2.23. The number of carbonyl (C=O) groups excluding carboxylic acids is 2. The molecule has 2 aromatic heterocycles. The highest BCUT2D eigenvalue weighted by atomic mass is 35.5. The second-order valence-corrected chi connectivity index (χ2v) is 8.79. The highest BCUT2D eigenvalue weighted by molar-refractivity contribution is 7.21. The Hall–Kier alpha value is -3.27. The quantitative estimate of drug-likeness (QED) is 0.351. The van der Waals surface area contributed by atoms with Crippen LogP contribution >= 0.6 is 34.3 Å². The third-order valence-corrected chi connectivity index (χ3v) is 6.56. The molecule has 0 saturated heterocycles. The summed E-state index contributed by atoms with van der Waals surface area (Å²) in [5.74, 6) is -1.91. The molecule has 0 aliphatic rings. The molecule has 4 rings (SSSR count). The number of benzene rings is 2. The average Bonchev–Trinajstić information content (AvgIpc) is 3.33. The predicted octanol–water partition coefficient (Wildman–Crippen LogP) is 5.59. The van der Waals surface area contributed by atoms with Crippen LogP contribution in [0.3, 0.4) is 0 Å². The Morgan fingerprint density at radius 1 is 1.06 bits per heavy atom. The second-order valence-electron chi connectivity index (χ2n) is 6.47. The van der Waals surface area contributed by atoms with E-state index in [2.05, 4.69) is 15.6 Å². The molecule has 0 aliphatic heterocycles. The van der Waals surface area contributed by atoms with Gasteiger partial charge >= 0.3 is 5.97 Å². The summed E-state index contributed by atoms with van der Waals surface area (Å²) < 4.78 is 0.661. The summed E-state index contributed by atoms with van der Waals surface area (Å²) >= 11 is 8.15. The van der Waals surface area contributed by atoms with Crippen LogP contribution in [-0.2, 0) is 4.79 Å². The molecule has 0 atom stereocenters. The third kappa shape index (κ3) is 4.29. The lowest BCUT2D eigenvalue weighted by molar-refractivity contribution is -0.114. The number of carbonyl (C=O) groups is 3. The first-order chi connectivity index (χ1) is 14.8. The van der Waals surface area contributed by atoms with Gasteiger partial charge in [0.05, 0.1) is 15.9 Å². The Morgan fingerprint density at radius 3 is 2.48 bits per heavy atom. The molecule has 7 nitrogen and oxygen atoms in total. The number of hydrogen-bond donors (Lipinski definition) is 3. The molecule has 3 N–H and O–H groups in total. The summed E-state index contributed by atoms with van der Waals surface area (Å²) in [6, 6.07) is 12.0. The van der Waals surface area contributed by atoms with Crippen molar-refractivity contribution in [1.29, 1.82) is 0 Å². The summed E-state index contributed by atoms with van der Waals surface area (Å²) in [6.45, 7) is 1.40. The standard InChI is InChI=1S/C21H14ClN3O4S2/c1-10(26)23-14-3-2-4-15-17(14)31-20(24-15)18(27)25-19-16(21(28)29)13(9-30-19)11-5-7-12(22)8-6-11/h2-9H,1H3,(H,23,26)(H,25,27)(H,28,29). The van der Waals surface area contributed by atoms with Crippen LogP contribution in [0.4, 0.5) is 10.7 Å². The van der Waals surface area contributed by atoms with Gasteiger partial charge in [-0.15, -0.1) is 22.7 Å². The molecular formula is C21H14ClN3O4S2. The van der Waals surface area contributed by atoms with Crippen molar-refractivity contribution in [2.45, 2.75) is 6.92 Å². The van der Waals surface area contributed by atoms with Crippen molar-refractivity contribution in [2.24, 2.45) is 0 Å². The number of thiazole rings is 1. The van der Waals surface area contributed by atoms with Crippen LogP contribution in [0, 0.1) is 0 Å². The number of amides is 2. The molecule has 2 heterocycles. The molecule has 0 saturated carbocycles. The number of hydrogen-bond acceptors (Lipinski definition) is 6. The number of rotatable bonds is 5. The summed E-state index contributed by atoms with van der Waals surface area (Å²) in [5, 5.41) is 17.7. The third-order valence-electron chi connectivity index (χ3n) is 4.31. The number of aromatic carboxylic acids is 1. The van der Waals surface area contributed by atoms with Crippen molar-refractivity contribution in [3.8, 4) is 11.1 Å². The van der Waals surface area contributed by atoms with Crippen LogP contribution in [0.5, 0.6) is 0 Å². The van der Waals surface area contributed by atoms with E-state index in [-0.39, 0.29) is 21.5 Å². The van der Waals surface area contributed by atoms with E-state index in [4.69, 9.17) is 11.6 Å². The Balaban J connectivity index is 1.67. The molecular weight excluding hydrogens is 458 g/mol. The maximum atomic E-state index is 12.8. The smallest absolute Gasteiger partial charge is 0.339 e. The molecule has 0 bridgehead atoms. The Bertz CT molecular complexity index is 1330. The minimum atomic E-state index is -1.15. The van der Waals surface area contributed by atoms with E-state index < -0.39 is 11.9 Å². The number of nitrogens with zero attached hydrogens (tertiary/aromatic N) is 1. The molecule has 0 fully saturated rings. The number of halogens is 1. The summed E-state index contributed by atoms with van der Waals surface area (Å²) in [4.78, 5) is 40.5. The highest BCUT2D eigenvalue weighted by Crippen LogP contribution is 2.37. The molecule has 0 aliphatic carbocycles. The Kier molecular flexibility index (Phi) is 5.73. The average molecular weight is 472 g/mol. The topological polar surface area (TPSA) is 108 Å². The lowest BCUT2D eigenvalue weighted by Gasteiger charge is -2.05. The van der Waals surface area contributed by atoms with Crippen LogP contribution in [0.15, 0.2) is 47.8 Å². The van der Waals surface area contributed by atoms with Gasteiger partial charge in [0, 0.05) is 22.9 Å². The zero-order chi connectivity index (χ0) is 22.1. The SMILES string of the molecule is CC(=O)Nc1cccc2nc(C(=O)Nc3scc(-c4ccc(Cl)cc4)c3C(=O)O)sc12. The van der Waals surface area contributed by atoms with Gasteiger partial charge in [0.15, 0.2) is 5.01 Å². The fourth-order valence-corrected chi connectivity index (χ4v) is 5.01. The van der Waals surface area contributed by atoms with Crippen LogP contribution < -0.4 is 10.6 Å². The van der Waals surface area contributed by atoms with Gasteiger partial charge in [0.25, 0.3) is 5.91 Å². The molecule has 0 unspecified atom stereocenters. The van der Waals surface area contributed by atoms with Crippen LogP contribution in [0.2, 0.25) is 5.02 Å². The van der Waals surface area contributed by atoms with E-state index in [9.17, 15) is 19.5 Å². The molecule has 31 heavy (non-hydrogen) atoms. The molecule has 2 aromatic carbocycles. The first-order valence-corrected chi connectivity index (χ1v) is 11.0. The molecule has 2 amide bonds. The first-order valence-electron chi connectivity index (χ1n) is 8.92. The van der Waals surface area contributed by atoms with Gasteiger partial charge in [0.1, 0.15) is 10.6 Å². The molecule has 156 valence electrons. The lowest BCUT2D eigenvalue weighted by Crippen LogP contribution is -2.13. The lowest BCUT2D eigenvalue weighted by atomic mass is 10.0. The number of carboxylic acid groups (broad SMARTS) is 1. The van der Waals surface area contributed by atoms with E-state index in [0.717, 1.165) is 22.7 Å². The minimum absolute atomic E-state index is 0.000666. The zero-order valence-electron chi connectivity index (χ0n) is 15.9. The predicted molar refractivity (Wildman–Crippen MR) is 124 cm³/mol. The van der Waals surface area contributed by atoms with Gasteiger partial charge in [-0.3, -0.25) is 9.59 Å². The van der Waals surface area contributed by atoms with Gasteiger partial charge in [-0.25, -0.2) is 9.78 Å². The maximum absolute atomic E-state index is 12.8. The number of aromatic nitrogens is 1. The van der Waals surface area contributed by atoms with E-state index in [0.29, 0.717) is 32.1 Å². The zero-order valence-corrected chi connectivity index (χ0v) is 18.3. The van der Waals surface area contributed by atoms with Gasteiger partial charge in [-0.2, -0.15) is 0 Å². The molecule has 4 aromatic rings. The second kappa shape index (κ2) is 8.46. The van der Waals surface area contributed by atoms with E-state index in [1.54, 1.807) is 47.8 Å². The molecule has 0 radical (unpaired) electrons. The normalized spacial score (nSPS) is 10.8. The van der Waals surface area contributed by atoms with E-state index >= 15 is 0 Å². The number of carboxylic acids is 1. The van der Waals surface area contributed by atoms with Gasteiger partial charge < -0.3 is 15.7 Å².